The van der Waals surface area contributed by atoms with E-state index in [0.717, 1.165) is 37.9 Å². The van der Waals surface area contributed by atoms with Crippen LogP contribution in [0.4, 0.5) is 0 Å². The molecule has 2 rings (SSSR count). The molecule has 0 N–H and O–H groups in total. The monoisotopic (exact) mass is 274 g/mol. The first-order chi connectivity index (χ1) is 9.79. The molecule has 0 amide bonds. The van der Waals surface area contributed by atoms with Crippen molar-refractivity contribution in [1.82, 2.24) is 0 Å². The Morgan fingerprint density at radius 2 is 2.10 bits per heavy atom. The summed E-state index contributed by atoms with van der Waals surface area (Å²) in [7, 11) is 0. The number of rotatable bonds is 6. The van der Waals surface area contributed by atoms with Crippen molar-refractivity contribution in [2.24, 2.45) is 0 Å². The van der Waals surface area contributed by atoms with Crippen LogP contribution in [0.1, 0.15) is 38.2 Å². The van der Waals surface area contributed by atoms with Gasteiger partial charge in [0.05, 0.1) is 12.4 Å². The Hall–Kier alpha value is -1.77. The van der Waals surface area contributed by atoms with Crippen LogP contribution >= 0.6 is 0 Å². The van der Waals surface area contributed by atoms with E-state index in [2.05, 4.69) is 30.3 Å². The molecule has 0 aromatic heterocycles. The zero-order valence-electron chi connectivity index (χ0n) is 12.0. The van der Waals surface area contributed by atoms with Gasteiger partial charge >= 0.3 is 5.97 Å². The molecule has 3 heteroatoms. The molecule has 0 saturated heterocycles. The molecular formula is C17H22O3. The molecule has 1 atom stereocenters. The van der Waals surface area contributed by atoms with E-state index in [1.807, 2.05) is 13.0 Å². The maximum atomic E-state index is 11.7. The summed E-state index contributed by atoms with van der Waals surface area (Å²) in [6.07, 6.45) is 6.25. The van der Waals surface area contributed by atoms with Crippen LogP contribution in [0.25, 0.3) is 0 Å². The normalized spacial score (nSPS) is 18.1. The van der Waals surface area contributed by atoms with E-state index in [1.165, 1.54) is 5.56 Å². The van der Waals surface area contributed by atoms with Gasteiger partial charge in [0.25, 0.3) is 0 Å². The minimum atomic E-state index is -0.410. The Labute approximate surface area is 120 Å². The van der Waals surface area contributed by atoms with Gasteiger partial charge in [-0.3, -0.25) is 0 Å². The third-order valence-electron chi connectivity index (χ3n) is 3.38. The molecule has 0 bridgehead atoms. The van der Waals surface area contributed by atoms with E-state index < -0.39 is 6.10 Å². The van der Waals surface area contributed by atoms with Gasteiger partial charge in [-0.1, -0.05) is 30.3 Å². The van der Waals surface area contributed by atoms with Gasteiger partial charge in [-0.2, -0.15) is 0 Å². The van der Waals surface area contributed by atoms with Crippen LogP contribution in [-0.4, -0.2) is 18.7 Å². The molecule has 0 radical (unpaired) electrons. The first-order valence-corrected chi connectivity index (χ1v) is 7.36. The highest BCUT2D eigenvalue weighted by molar-refractivity contribution is 5.75. The van der Waals surface area contributed by atoms with Crippen molar-refractivity contribution in [2.45, 2.75) is 45.1 Å². The summed E-state index contributed by atoms with van der Waals surface area (Å²) < 4.78 is 10.7. The Kier molecular flexibility index (Phi) is 5.66. The van der Waals surface area contributed by atoms with Gasteiger partial charge in [0, 0.05) is 6.42 Å². The van der Waals surface area contributed by atoms with Gasteiger partial charge in [-0.05, 0) is 44.2 Å². The Balaban J connectivity index is 1.76. The first kappa shape index (κ1) is 14.6. The second-order valence-electron chi connectivity index (χ2n) is 4.95. The topological polar surface area (TPSA) is 35.5 Å². The van der Waals surface area contributed by atoms with Crippen molar-refractivity contribution >= 4 is 5.97 Å². The molecule has 1 aromatic carbocycles. The zero-order chi connectivity index (χ0) is 14.2. The van der Waals surface area contributed by atoms with Crippen molar-refractivity contribution in [3.63, 3.8) is 0 Å². The Morgan fingerprint density at radius 1 is 1.30 bits per heavy atom. The minimum absolute atomic E-state index is 0.235. The van der Waals surface area contributed by atoms with Crippen LogP contribution in [0.3, 0.4) is 0 Å². The number of esters is 1. The molecule has 1 aliphatic heterocycles. The van der Waals surface area contributed by atoms with Crippen LogP contribution < -0.4 is 0 Å². The molecule has 1 unspecified atom stereocenters. The summed E-state index contributed by atoms with van der Waals surface area (Å²) >= 11 is 0. The van der Waals surface area contributed by atoms with E-state index in [1.54, 1.807) is 0 Å². The second-order valence-corrected chi connectivity index (χ2v) is 4.95. The quantitative estimate of drug-likeness (QED) is 0.743. The van der Waals surface area contributed by atoms with E-state index in [9.17, 15) is 4.79 Å². The van der Waals surface area contributed by atoms with E-state index in [4.69, 9.17) is 9.47 Å². The van der Waals surface area contributed by atoms with E-state index in [-0.39, 0.29) is 5.97 Å². The summed E-state index contributed by atoms with van der Waals surface area (Å²) in [6, 6.07) is 10.4. The van der Waals surface area contributed by atoms with Crippen molar-refractivity contribution in [3.05, 3.63) is 47.7 Å². The lowest BCUT2D eigenvalue weighted by Gasteiger charge is -2.23. The summed E-state index contributed by atoms with van der Waals surface area (Å²) in [5.41, 5.74) is 1.34. The molecule has 20 heavy (non-hydrogen) atoms. The second kappa shape index (κ2) is 7.73. The predicted molar refractivity (Wildman–Crippen MR) is 78.2 cm³/mol. The summed E-state index contributed by atoms with van der Waals surface area (Å²) in [5.74, 6) is 0.700. The average Bonchev–Trinajstić information content (AvgIpc) is 2.49. The Bertz CT molecular complexity index is 451. The molecule has 1 aliphatic rings. The van der Waals surface area contributed by atoms with Crippen LogP contribution in [0.2, 0.25) is 0 Å². The number of hydrogen-bond donors (Lipinski definition) is 0. The van der Waals surface area contributed by atoms with Crippen LogP contribution in [0, 0.1) is 0 Å². The fourth-order valence-corrected chi connectivity index (χ4v) is 2.36. The van der Waals surface area contributed by atoms with Crippen molar-refractivity contribution in [1.29, 1.82) is 0 Å². The molecular weight excluding hydrogens is 252 g/mol. The van der Waals surface area contributed by atoms with Gasteiger partial charge < -0.3 is 9.47 Å². The van der Waals surface area contributed by atoms with Gasteiger partial charge in [0.2, 0.25) is 0 Å². The summed E-state index contributed by atoms with van der Waals surface area (Å²) in [6.45, 7) is 2.23. The maximum Gasteiger partial charge on any atom is 0.347 e. The van der Waals surface area contributed by atoms with Gasteiger partial charge in [-0.25, -0.2) is 4.79 Å². The highest BCUT2D eigenvalue weighted by Gasteiger charge is 2.24. The van der Waals surface area contributed by atoms with E-state index in [0.29, 0.717) is 6.61 Å². The third kappa shape index (κ3) is 4.41. The number of ether oxygens (including phenoxy) is 2. The first-order valence-electron chi connectivity index (χ1n) is 7.36. The number of allylic oxidation sites excluding steroid dienone is 2. The summed E-state index contributed by atoms with van der Waals surface area (Å²) in [5, 5.41) is 0. The molecule has 0 spiro atoms. The van der Waals surface area contributed by atoms with Gasteiger partial charge in [0.15, 0.2) is 6.10 Å². The fourth-order valence-electron chi connectivity index (χ4n) is 2.36. The van der Waals surface area contributed by atoms with Gasteiger partial charge in [0.1, 0.15) is 0 Å². The predicted octanol–water partition coefficient (Wildman–Crippen LogP) is 3.64. The van der Waals surface area contributed by atoms with Crippen molar-refractivity contribution in [2.75, 3.05) is 6.61 Å². The third-order valence-corrected chi connectivity index (χ3v) is 3.38. The molecule has 0 aliphatic carbocycles. The largest absolute Gasteiger partial charge is 0.483 e. The fraction of sp³-hybridized carbons (Fsp3) is 0.471. The number of carbonyl (C=O) groups excluding carboxylic acids is 1. The van der Waals surface area contributed by atoms with Crippen molar-refractivity contribution < 1.29 is 14.3 Å². The average molecular weight is 274 g/mol. The summed E-state index contributed by atoms with van der Waals surface area (Å²) in [4.78, 5) is 11.7. The minimum Gasteiger partial charge on any atom is -0.483 e. The molecule has 0 saturated carbocycles. The molecule has 0 fully saturated rings. The lowest BCUT2D eigenvalue weighted by Crippen LogP contribution is -2.28. The maximum absolute atomic E-state index is 11.7. The number of hydrogen-bond acceptors (Lipinski definition) is 3. The Morgan fingerprint density at radius 3 is 2.85 bits per heavy atom. The highest BCUT2D eigenvalue weighted by atomic mass is 16.6. The zero-order valence-corrected chi connectivity index (χ0v) is 12.0. The lowest BCUT2D eigenvalue weighted by molar-refractivity contribution is -0.155. The molecule has 1 heterocycles. The van der Waals surface area contributed by atoms with Crippen LogP contribution in [-0.2, 0) is 20.7 Å². The van der Waals surface area contributed by atoms with Gasteiger partial charge in [-0.15, -0.1) is 0 Å². The highest BCUT2D eigenvalue weighted by Crippen LogP contribution is 2.22. The van der Waals surface area contributed by atoms with E-state index >= 15 is 0 Å². The standard InChI is InChI=1S/C17H22O3/c1-2-19-17(18)16-13-7-12-15(20-16)11-6-10-14-8-4-3-5-9-14/h3-5,8-9,12,16H,2,6-7,10-11,13H2,1H3. The lowest BCUT2D eigenvalue weighted by atomic mass is 10.0. The number of benzene rings is 1. The molecule has 108 valence electrons. The van der Waals surface area contributed by atoms with Crippen molar-refractivity contribution in [3.8, 4) is 0 Å². The molecule has 3 nitrogen and oxygen atoms in total. The molecule has 1 aromatic rings. The number of aryl methyl sites for hydroxylation is 1. The smallest absolute Gasteiger partial charge is 0.347 e. The van der Waals surface area contributed by atoms with Crippen LogP contribution in [0.15, 0.2) is 42.2 Å². The SMILES string of the molecule is CCOC(=O)C1CCC=C(CCCc2ccccc2)O1. The number of carbonyl (C=O) groups is 1. The van der Waals surface area contributed by atoms with Crippen LogP contribution in [0.5, 0.6) is 0 Å².